The molecule has 2 nitrogen and oxygen atoms in total. The average Bonchev–Trinajstić information content (AvgIpc) is 2.49. The lowest BCUT2D eigenvalue weighted by Gasteiger charge is -2.17. The zero-order chi connectivity index (χ0) is 16.8. The second kappa shape index (κ2) is 8.24. The summed E-state index contributed by atoms with van der Waals surface area (Å²) >= 11 is 0. The van der Waals surface area contributed by atoms with Gasteiger partial charge in [0, 0.05) is 0 Å². The summed E-state index contributed by atoms with van der Waals surface area (Å²) in [5.74, 6) is 3.20. The maximum absolute atomic E-state index is 6.15. The molecule has 0 atom stereocenters. The van der Waals surface area contributed by atoms with E-state index in [1.807, 2.05) is 0 Å². The highest BCUT2D eigenvalue weighted by Crippen LogP contribution is 2.37. The fraction of sp³-hybridized carbons (Fsp3) is 0.524. The summed E-state index contributed by atoms with van der Waals surface area (Å²) in [5, 5.41) is 2.29. The zero-order valence-electron chi connectivity index (χ0n) is 15.2. The molecule has 2 aromatic carbocycles. The maximum atomic E-state index is 6.15. The number of ether oxygens (including phenoxy) is 2. The summed E-state index contributed by atoms with van der Waals surface area (Å²) in [6, 6.07) is 10.5. The first-order valence-electron chi connectivity index (χ1n) is 8.77. The van der Waals surface area contributed by atoms with E-state index in [9.17, 15) is 0 Å². The Balaban J connectivity index is 2.29. The van der Waals surface area contributed by atoms with E-state index in [2.05, 4.69) is 65.0 Å². The van der Waals surface area contributed by atoms with Crippen LogP contribution in [0.2, 0.25) is 0 Å². The third kappa shape index (κ3) is 4.89. The number of benzene rings is 2. The number of hydrogen-bond donors (Lipinski definition) is 0. The first-order valence-corrected chi connectivity index (χ1v) is 8.77. The van der Waals surface area contributed by atoms with Crippen molar-refractivity contribution in [3.63, 3.8) is 0 Å². The van der Waals surface area contributed by atoms with Gasteiger partial charge in [-0.3, -0.25) is 0 Å². The number of aryl methyl sites for hydroxylation is 1. The number of rotatable bonds is 8. The van der Waals surface area contributed by atoms with Crippen molar-refractivity contribution >= 4 is 10.8 Å². The van der Waals surface area contributed by atoms with Crippen LogP contribution in [0.25, 0.3) is 10.8 Å². The highest BCUT2D eigenvalue weighted by Gasteiger charge is 2.12. The van der Waals surface area contributed by atoms with Crippen molar-refractivity contribution in [2.24, 2.45) is 11.8 Å². The number of fused-ring (bicyclic) bond motifs is 1. The van der Waals surface area contributed by atoms with E-state index >= 15 is 0 Å². The van der Waals surface area contributed by atoms with Gasteiger partial charge in [-0.1, -0.05) is 52.0 Å². The van der Waals surface area contributed by atoms with Crippen molar-refractivity contribution in [3.05, 3.63) is 35.9 Å². The van der Waals surface area contributed by atoms with Crippen molar-refractivity contribution < 1.29 is 9.47 Å². The van der Waals surface area contributed by atoms with E-state index in [0.29, 0.717) is 11.8 Å². The summed E-state index contributed by atoms with van der Waals surface area (Å²) in [5.41, 5.74) is 1.17. The summed E-state index contributed by atoms with van der Waals surface area (Å²) in [6.07, 6.45) is 2.12. The second-order valence-electron chi connectivity index (χ2n) is 7.13. The first-order chi connectivity index (χ1) is 11.0. The Labute approximate surface area is 140 Å². The normalized spacial score (nSPS) is 11.4. The smallest absolute Gasteiger partial charge is 0.133 e. The topological polar surface area (TPSA) is 18.5 Å². The molecule has 0 aromatic heterocycles. The third-order valence-electron chi connectivity index (χ3n) is 4.05. The van der Waals surface area contributed by atoms with Crippen molar-refractivity contribution in [2.45, 2.75) is 47.5 Å². The molecule has 23 heavy (non-hydrogen) atoms. The molecule has 2 rings (SSSR count). The van der Waals surface area contributed by atoms with Gasteiger partial charge in [0.05, 0.1) is 18.6 Å². The lowest BCUT2D eigenvalue weighted by atomic mass is 10.0. The Bertz CT molecular complexity index is 629. The first kappa shape index (κ1) is 17.7. The van der Waals surface area contributed by atoms with Crippen LogP contribution in [0, 0.1) is 18.8 Å². The van der Waals surface area contributed by atoms with Crippen molar-refractivity contribution in [3.8, 4) is 11.5 Å². The van der Waals surface area contributed by atoms with Crippen molar-refractivity contribution in [2.75, 3.05) is 13.2 Å². The van der Waals surface area contributed by atoms with Crippen LogP contribution < -0.4 is 9.47 Å². The van der Waals surface area contributed by atoms with Gasteiger partial charge >= 0.3 is 0 Å². The molecule has 126 valence electrons. The Morgan fingerprint density at radius 2 is 1.48 bits per heavy atom. The highest BCUT2D eigenvalue weighted by atomic mass is 16.5. The Hall–Kier alpha value is -1.70. The fourth-order valence-electron chi connectivity index (χ4n) is 2.53. The van der Waals surface area contributed by atoms with Gasteiger partial charge < -0.3 is 9.47 Å². The number of hydrogen-bond acceptors (Lipinski definition) is 2. The zero-order valence-corrected chi connectivity index (χ0v) is 15.2. The molecular weight excluding hydrogens is 284 g/mol. The molecule has 0 spiro atoms. The van der Waals surface area contributed by atoms with Gasteiger partial charge in [-0.2, -0.15) is 0 Å². The molecule has 0 amide bonds. The quantitative estimate of drug-likeness (QED) is 0.595. The van der Waals surface area contributed by atoms with Crippen LogP contribution in [-0.2, 0) is 0 Å². The molecule has 0 radical (unpaired) electrons. The van der Waals surface area contributed by atoms with Gasteiger partial charge in [-0.05, 0) is 48.6 Å². The highest BCUT2D eigenvalue weighted by molar-refractivity contribution is 5.94. The Morgan fingerprint density at radius 3 is 2.13 bits per heavy atom. The molecule has 2 aromatic rings. The average molecular weight is 314 g/mol. The van der Waals surface area contributed by atoms with E-state index in [1.165, 1.54) is 10.9 Å². The van der Waals surface area contributed by atoms with Crippen molar-refractivity contribution in [1.29, 1.82) is 0 Å². The minimum absolute atomic E-state index is 0.645. The minimum atomic E-state index is 0.645. The molecule has 0 heterocycles. The Kier molecular flexibility index (Phi) is 6.32. The molecule has 0 fully saturated rings. The van der Waals surface area contributed by atoms with E-state index < -0.39 is 0 Å². The molecule has 0 bridgehead atoms. The van der Waals surface area contributed by atoms with Crippen LogP contribution in [-0.4, -0.2) is 13.2 Å². The van der Waals surface area contributed by atoms with Crippen LogP contribution in [0.4, 0.5) is 0 Å². The largest absolute Gasteiger partial charge is 0.493 e. The maximum Gasteiger partial charge on any atom is 0.133 e. The predicted molar refractivity (Wildman–Crippen MR) is 98.6 cm³/mol. The predicted octanol–water partition coefficient (Wildman–Crippen LogP) is 6.00. The monoisotopic (exact) mass is 314 g/mol. The molecule has 0 N–H and O–H groups in total. The van der Waals surface area contributed by atoms with Gasteiger partial charge in [0.15, 0.2) is 0 Å². The summed E-state index contributed by atoms with van der Waals surface area (Å²) < 4.78 is 12.2. The van der Waals surface area contributed by atoms with Crippen LogP contribution in [0.5, 0.6) is 11.5 Å². The van der Waals surface area contributed by atoms with Crippen LogP contribution in [0.1, 0.15) is 46.1 Å². The van der Waals surface area contributed by atoms with E-state index in [4.69, 9.17) is 9.47 Å². The van der Waals surface area contributed by atoms with Crippen molar-refractivity contribution in [1.82, 2.24) is 0 Å². The van der Waals surface area contributed by atoms with Crippen LogP contribution >= 0.6 is 0 Å². The Morgan fingerprint density at radius 1 is 0.826 bits per heavy atom. The molecule has 0 aliphatic carbocycles. The SMILES string of the molecule is Cc1ccc2cccc(OCCC(C)C)c2c1OCCC(C)C. The van der Waals surface area contributed by atoms with E-state index in [1.54, 1.807) is 0 Å². The third-order valence-corrected chi connectivity index (χ3v) is 4.05. The summed E-state index contributed by atoms with van der Waals surface area (Å²) in [4.78, 5) is 0. The van der Waals surface area contributed by atoms with Gasteiger partial charge in [-0.15, -0.1) is 0 Å². The summed E-state index contributed by atoms with van der Waals surface area (Å²) in [7, 11) is 0. The van der Waals surface area contributed by atoms with Crippen LogP contribution in [0.3, 0.4) is 0 Å². The lowest BCUT2D eigenvalue weighted by Crippen LogP contribution is -2.05. The van der Waals surface area contributed by atoms with E-state index in [-0.39, 0.29) is 0 Å². The molecule has 0 saturated carbocycles. The van der Waals surface area contributed by atoms with Crippen LogP contribution in [0.15, 0.2) is 30.3 Å². The lowest BCUT2D eigenvalue weighted by molar-refractivity contribution is 0.282. The molecule has 0 aliphatic heterocycles. The minimum Gasteiger partial charge on any atom is -0.493 e. The van der Waals surface area contributed by atoms with Gasteiger partial charge in [-0.25, -0.2) is 0 Å². The van der Waals surface area contributed by atoms with E-state index in [0.717, 1.165) is 42.9 Å². The van der Waals surface area contributed by atoms with Gasteiger partial charge in [0.1, 0.15) is 11.5 Å². The molecular formula is C21H30O2. The van der Waals surface area contributed by atoms with Gasteiger partial charge in [0.25, 0.3) is 0 Å². The molecule has 2 heteroatoms. The molecule has 0 unspecified atom stereocenters. The standard InChI is InChI=1S/C21H30O2/c1-15(2)11-13-22-19-8-6-7-18-10-9-17(5)21(20(18)19)23-14-12-16(3)4/h6-10,15-16H,11-14H2,1-5H3. The molecule has 0 aliphatic rings. The summed E-state index contributed by atoms with van der Waals surface area (Å²) in [6.45, 7) is 12.5. The fourth-order valence-corrected chi connectivity index (χ4v) is 2.53. The molecule has 0 saturated heterocycles. The van der Waals surface area contributed by atoms with Gasteiger partial charge in [0.2, 0.25) is 0 Å². The second-order valence-corrected chi connectivity index (χ2v) is 7.13.